The van der Waals surface area contributed by atoms with Gasteiger partial charge in [0.05, 0.1) is 10.2 Å². The molecule has 0 aliphatic carbocycles. The van der Waals surface area contributed by atoms with Gasteiger partial charge in [0.25, 0.3) is 0 Å². The highest BCUT2D eigenvalue weighted by molar-refractivity contribution is 9.10. The molecule has 20 heavy (non-hydrogen) atoms. The summed E-state index contributed by atoms with van der Waals surface area (Å²) in [5.74, 6) is 1.22. The minimum Gasteiger partial charge on any atom is -0.383 e. The molecule has 0 aliphatic rings. The molecule has 3 aromatic rings. The lowest BCUT2D eigenvalue weighted by molar-refractivity contribution is 0.985. The van der Waals surface area contributed by atoms with E-state index in [4.69, 9.17) is 5.73 Å². The first kappa shape index (κ1) is 13.3. The van der Waals surface area contributed by atoms with Gasteiger partial charge in [-0.2, -0.15) is 0 Å². The van der Waals surface area contributed by atoms with Gasteiger partial charge in [-0.25, -0.2) is 9.97 Å². The van der Waals surface area contributed by atoms with Gasteiger partial charge in [-0.3, -0.25) is 0 Å². The molecule has 1 aromatic carbocycles. The highest BCUT2D eigenvalue weighted by Gasteiger charge is 2.12. The lowest BCUT2D eigenvalue weighted by Gasteiger charge is -2.08. The van der Waals surface area contributed by atoms with Crippen molar-refractivity contribution in [1.29, 1.82) is 0 Å². The molecule has 100 valence electrons. The summed E-state index contributed by atoms with van der Waals surface area (Å²) in [6, 6.07) is 14.1. The van der Waals surface area contributed by atoms with Crippen LogP contribution in [-0.4, -0.2) is 9.97 Å². The molecule has 0 radical (unpaired) electrons. The van der Waals surface area contributed by atoms with Gasteiger partial charge in [-0.15, -0.1) is 11.3 Å². The van der Waals surface area contributed by atoms with E-state index in [0.717, 1.165) is 21.6 Å². The fourth-order valence-electron chi connectivity index (χ4n) is 1.95. The second-order valence-corrected chi connectivity index (χ2v) is 6.14. The topological polar surface area (TPSA) is 51.8 Å². The second-order valence-electron chi connectivity index (χ2n) is 4.31. The molecule has 0 saturated heterocycles. The first-order valence-electron chi connectivity index (χ1n) is 6.14. The summed E-state index contributed by atoms with van der Waals surface area (Å²) in [6.07, 6.45) is 0.703. The number of thiophene rings is 1. The molecule has 0 fully saturated rings. The number of hydrogen-bond acceptors (Lipinski definition) is 4. The maximum atomic E-state index is 5.99. The van der Waals surface area contributed by atoms with Crippen LogP contribution < -0.4 is 5.73 Å². The Kier molecular flexibility index (Phi) is 3.80. The van der Waals surface area contributed by atoms with Crippen LogP contribution in [-0.2, 0) is 6.42 Å². The van der Waals surface area contributed by atoms with Crippen molar-refractivity contribution in [1.82, 2.24) is 9.97 Å². The number of hydrogen-bond donors (Lipinski definition) is 1. The molecule has 3 rings (SSSR count). The van der Waals surface area contributed by atoms with Crippen molar-refractivity contribution < 1.29 is 0 Å². The third-order valence-corrected chi connectivity index (χ3v) is 4.54. The van der Waals surface area contributed by atoms with Crippen molar-refractivity contribution in [2.75, 3.05) is 5.73 Å². The molecule has 0 bridgehead atoms. The van der Waals surface area contributed by atoms with Gasteiger partial charge in [0.2, 0.25) is 0 Å². The van der Waals surface area contributed by atoms with Gasteiger partial charge in [-0.05, 0) is 27.4 Å². The smallest absolute Gasteiger partial charge is 0.142 e. The molecular weight excluding hydrogens is 334 g/mol. The molecule has 0 saturated carbocycles. The van der Waals surface area contributed by atoms with Crippen LogP contribution in [0.15, 0.2) is 52.3 Å². The van der Waals surface area contributed by atoms with E-state index in [1.807, 2.05) is 36.4 Å². The lowest BCUT2D eigenvalue weighted by atomic mass is 10.1. The molecule has 2 N–H and O–H groups in total. The van der Waals surface area contributed by atoms with Crippen molar-refractivity contribution in [3.63, 3.8) is 0 Å². The number of rotatable bonds is 3. The quantitative estimate of drug-likeness (QED) is 0.775. The monoisotopic (exact) mass is 345 g/mol. The first-order valence-corrected chi connectivity index (χ1v) is 7.81. The van der Waals surface area contributed by atoms with Crippen LogP contribution in [0.1, 0.15) is 10.7 Å². The standard InChI is InChI=1S/C15H12BrN3S/c16-13-14(10-5-2-1-3-6-10)18-12(19-15(13)17)9-11-7-4-8-20-11/h1-8H,9H2,(H2,17,18,19). The van der Waals surface area contributed by atoms with E-state index in [2.05, 4.69) is 37.3 Å². The number of halogens is 1. The summed E-state index contributed by atoms with van der Waals surface area (Å²) >= 11 is 5.18. The Morgan fingerprint density at radius 2 is 1.85 bits per heavy atom. The Bertz CT molecular complexity index is 711. The molecule has 0 amide bonds. The van der Waals surface area contributed by atoms with Gasteiger partial charge in [0, 0.05) is 16.9 Å². The zero-order chi connectivity index (χ0) is 13.9. The van der Waals surface area contributed by atoms with Crippen LogP contribution >= 0.6 is 27.3 Å². The number of benzene rings is 1. The maximum absolute atomic E-state index is 5.99. The minimum absolute atomic E-state index is 0.477. The van der Waals surface area contributed by atoms with Crippen molar-refractivity contribution in [2.24, 2.45) is 0 Å². The SMILES string of the molecule is Nc1nc(Cc2cccs2)nc(-c2ccccc2)c1Br. The van der Waals surface area contributed by atoms with Crippen LogP contribution in [0.25, 0.3) is 11.3 Å². The number of nitrogens with two attached hydrogens (primary N) is 1. The van der Waals surface area contributed by atoms with Crippen LogP contribution in [0.5, 0.6) is 0 Å². The van der Waals surface area contributed by atoms with E-state index in [0.29, 0.717) is 12.2 Å². The number of anilines is 1. The highest BCUT2D eigenvalue weighted by Crippen LogP contribution is 2.30. The van der Waals surface area contributed by atoms with Crippen molar-refractivity contribution in [3.8, 4) is 11.3 Å². The van der Waals surface area contributed by atoms with E-state index in [1.165, 1.54) is 4.88 Å². The summed E-state index contributed by atoms with van der Waals surface area (Å²) in [7, 11) is 0. The summed E-state index contributed by atoms with van der Waals surface area (Å²) in [6.45, 7) is 0. The van der Waals surface area contributed by atoms with Crippen LogP contribution in [0, 0.1) is 0 Å². The molecule has 0 aliphatic heterocycles. The third kappa shape index (κ3) is 2.73. The van der Waals surface area contributed by atoms with Crippen molar-refractivity contribution >= 4 is 33.1 Å². The largest absolute Gasteiger partial charge is 0.383 e. The van der Waals surface area contributed by atoms with Gasteiger partial charge >= 0.3 is 0 Å². The second kappa shape index (κ2) is 5.73. The van der Waals surface area contributed by atoms with E-state index >= 15 is 0 Å². The molecule has 3 nitrogen and oxygen atoms in total. The summed E-state index contributed by atoms with van der Waals surface area (Å²) in [5, 5.41) is 2.05. The van der Waals surface area contributed by atoms with Crippen LogP contribution in [0.4, 0.5) is 5.82 Å². The maximum Gasteiger partial charge on any atom is 0.142 e. The zero-order valence-corrected chi connectivity index (χ0v) is 13.0. The zero-order valence-electron chi connectivity index (χ0n) is 10.6. The molecule has 2 heterocycles. The van der Waals surface area contributed by atoms with Gasteiger partial charge < -0.3 is 5.73 Å². The molecule has 0 spiro atoms. The predicted octanol–water partition coefficient (Wildman–Crippen LogP) is 4.14. The Hall–Kier alpha value is -1.72. The van der Waals surface area contributed by atoms with Gasteiger partial charge in [0.1, 0.15) is 11.6 Å². The number of nitrogen functional groups attached to an aromatic ring is 1. The molecule has 0 unspecified atom stereocenters. The first-order chi connectivity index (χ1) is 9.74. The average Bonchev–Trinajstić information content (AvgIpc) is 2.96. The van der Waals surface area contributed by atoms with Gasteiger partial charge in [-0.1, -0.05) is 36.4 Å². The molecule has 0 atom stereocenters. The van der Waals surface area contributed by atoms with Crippen molar-refractivity contribution in [3.05, 3.63) is 63.0 Å². The fraction of sp³-hybridized carbons (Fsp3) is 0.0667. The predicted molar refractivity (Wildman–Crippen MR) is 86.7 cm³/mol. The summed E-state index contributed by atoms with van der Waals surface area (Å²) in [5.41, 5.74) is 7.86. The summed E-state index contributed by atoms with van der Waals surface area (Å²) < 4.78 is 0.749. The van der Waals surface area contributed by atoms with E-state index < -0.39 is 0 Å². The minimum atomic E-state index is 0.477. The van der Waals surface area contributed by atoms with E-state index in [1.54, 1.807) is 11.3 Å². The van der Waals surface area contributed by atoms with Crippen molar-refractivity contribution in [2.45, 2.75) is 6.42 Å². The lowest BCUT2D eigenvalue weighted by Crippen LogP contribution is -2.03. The Morgan fingerprint density at radius 1 is 1.05 bits per heavy atom. The Morgan fingerprint density at radius 3 is 2.55 bits per heavy atom. The third-order valence-electron chi connectivity index (χ3n) is 2.88. The highest BCUT2D eigenvalue weighted by atomic mass is 79.9. The molecular formula is C15H12BrN3S. The fourth-order valence-corrected chi connectivity index (χ4v) is 3.06. The van der Waals surface area contributed by atoms with Crippen LogP contribution in [0.2, 0.25) is 0 Å². The average molecular weight is 346 g/mol. The van der Waals surface area contributed by atoms with E-state index in [-0.39, 0.29) is 0 Å². The van der Waals surface area contributed by atoms with E-state index in [9.17, 15) is 0 Å². The molecule has 2 aromatic heterocycles. The molecule has 5 heteroatoms. The summed E-state index contributed by atoms with van der Waals surface area (Å²) in [4.78, 5) is 10.2. The Balaban J connectivity index is 2.04. The van der Waals surface area contributed by atoms with Gasteiger partial charge in [0.15, 0.2) is 0 Å². The number of nitrogens with zero attached hydrogens (tertiary/aromatic N) is 2. The van der Waals surface area contributed by atoms with Crippen LogP contribution in [0.3, 0.4) is 0 Å². The number of aromatic nitrogens is 2. The normalized spacial score (nSPS) is 10.7. The Labute approximate surface area is 129 Å².